The van der Waals surface area contributed by atoms with Crippen molar-refractivity contribution in [1.82, 2.24) is 4.31 Å². The molecule has 0 aliphatic carbocycles. The molecule has 0 saturated heterocycles. The Morgan fingerprint density at radius 1 is 1.00 bits per heavy atom. The molecule has 0 fully saturated rings. The fourth-order valence-electron chi connectivity index (χ4n) is 1.68. The normalized spacial score (nSPS) is 12.7. The van der Waals surface area contributed by atoms with Crippen LogP contribution in [0.15, 0.2) is 34.1 Å². The lowest BCUT2D eigenvalue weighted by Crippen LogP contribution is -2.36. The molecule has 0 heterocycles. The maximum absolute atomic E-state index is 12.6. The lowest BCUT2D eigenvalue weighted by molar-refractivity contribution is 0.150. The monoisotopic (exact) mass is 353 g/mol. The number of sulfonamides is 1. The van der Waals surface area contributed by atoms with E-state index in [4.69, 9.17) is 14.0 Å². The van der Waals surface area contributed by atoms with Crippen molar-refractivity contribution in [2.45, 2.75) is 9.79 Å². The Kier molecular flexibility index (Phi) is 6.91. The molecule has 0 unspecified atom stereocenters. The third kappa shape index (κ3) is 5.00. The van der Waals surface area contributed by atoms with Gasteiger partial charge in [0.1, 0.15) is 0 Å². The van der Waals surface area contributed by atoms with Crippen LogP contribution in [0, 0.1) is 0 Å². The maximum Gasteiger partial charge on any atom is 0.294 e. The highest BCUT2D eigenvalue weighted by molar-refractivity contribution is 7.89. The molecule has 1 aromatic rings. The van der Waals surface area contributed by atoms with Crippen LogP contribution in [0.25, 0.3) is 0 Å². The van der Waals surface area contributed by atoms with Crippen LogP contribution in [-0.4, -0.2) is 66.2 Å². The Morgan fingerprint density at radius 2 is 1.50 bits per heavy atom. The molecule has 0 aliphatic heterocycles. The second kappa shape index (κ2) is 7.99. The van der Waals surface area contributed by atoms with Gasteiger partial charge in [0.25, 0.3) is 10.1 Å². The molecule has 1 N–H and O–H groups in total. The summed E-state index contributed by atoms with van der Waals surface area (Å²) in [6.45, 7) is 0.554. The minimum absolute atomic E-state index is 0.0955. The van der Waals surface area contributed by atoms with Crippen LogP contribution >= 0.6 is 0 Å². The average molecular weight is 353 g/mol. The predicted octanol–water partition coefficient (Wildman–Crippen LogP) is 0.217. The van der Waals surface area contributed by atoms with Crippen LogP contribution in [0.1, 0.15) is 0 Å². The van der Waals surface area contributed by atoms with E-state index in [0.29, 0.717) is 0 Å². The number of rotatable bonds is 9. The molecule has 0 aromatic heterocycles. The lowest BCUT2D eigenvalue weighted by Gasteiger charge is -2.21. The number of ether oxygens (including phenoxy) is 2. The smallest absolute Gasteiger partial charge is 0.294 e. The van der Waals surface area contributed by atoms with Crippen molar-refractivity contribution in [1.29, 1.82) is 0 Å². The number of hydrogen-bond acceptors (Lipinski definition) is 6. The molecule has 22 heavy (non-hydrogen) atoms. The second-order valence-corrected chi connectivity index (χ2v) is 7.70. The fraction of sp³-hybridized carbons (Fsp3) is 0.500. The standard InChI is InChI=1S/C12H19NO7S2/c1-19-8-6-13(7-9-20-2)21(14,15)11-4-3-5-12(10-11)22(16,17)18/h3-5,10H,6-9H2,1-2H3,(H,16,17,18). The van der Waals surface area contributed by atoms with Crippen LogP contribution in [0.4, 0.5) is 0 Å². The quantitative estimate of drug-likeness (QED) is 0.632. The van der Waals surface area contributed by atoms with Crippen molar-refractivity contribution < 1.29 is 30.9 Å². The number of benzene rings is 1. The topological polar surface area (TPSA) is 110 Å². The van der Waals surface area contributed by atoms with Crippen LogP contribution in [0.3, 0.4) is 0 Å². The van der Waals surface area contributed by atoms with Gasteiger partial charge in [0.15, 0.2) is 0 Å². The Labute approximate surface area is 130 Å². The highest BCUT2D eigenvalue weighted by atomic mass is 32.2. The summed E-state index contributed by atoms with van der Waals surface area (Å²) in [6.07, 6.45) is 0. The minimum atomic E-state index is -4.48. The summed E-state index contributed by atoms with van der Waals surface area (Å²) in [5.74, 6) is 0. The van der Waals surface area contributed by atoms with Crippen LogP contribution in [0.5, 0.6) is 0 Å². The molecule has 10 heteroatoms. The molecule has 126 valence electrons. The first kappa shape index (κ1) is 19.0. The summed E-state index contributed by atoms with van der Waals surface area (Å²) in [5.41, 5.74) is 0. The van der Waals surface area contributed by atoms with Gasteiger partial charge in [-0.05, 0) is 18.2 Å². The van der Waals surface area contributed by atoms with Crippen molar-refractivity contribution in [2.24, 2.45) is 0 Å². The van der Waals surface area contributed by atoms with Gasteiger partial charge in [0.05, 0.1) is 23.0 Å². The van der Waals surface area contributed by atoms with E-state index in [0.717, 1.165) is 16.4 Å². The van der Waals surface area contributed by atoms with Gasteiger partial charge in [0.2, 0.25) is 10.0 Å². The van der Waals surface area contributed by atoms with Crippen molar-refractivity contribution in [3.05, 3.63) is 24.3 Å². The highest BCUT2D eigenvalue weighted by Gasteiger charge is 2.25. The SMILES string of the molecule is COCCN(CCOC)S(=O)(=O)c1cccc(S(=O)(=O)O)c1. The van der Waals surface area contributed by atoms with E-state index in [1.165, 1.54) is 26.4 Å². The minimum Gasteiger partial charge on any atom is -0.383 e. The number of hydrogen-bond donors (Lipinski definition) is 1. The first-order valence-corrected chi connectivity index (χ1v) is 9.17. The Hall–Kier alpha value is -1.04. The maximum atomic E-state index is 12.6. The van der Waals surface area contributed by atoms with Gasteiger partial charge < -0.3 is 9.47 Å². The third-order valence-electron chi connectivity index (χ3n) is 2.83. The van der Waals surface area contributed by atoms with E-state index in [9.17, 15) is 16.8 Å². The third-order valence-corrected chi connectivity index (χ3v) is 5.58. The van der Waals surface area contributed by atoms with Crippen LogP contribution in [0.2, 0.25) is 0 Å². The van der Waals surface area contributed by atoms with Gasteiger partial charge in [-0.15, -0.1) is 0 Å². The molecular weight excluding hydrogens is 334 g/mol. The summed E-state index contributed by atoms with van der Waals surface area (Å²) in [6, 6.07) is 4.54. The first-order chi connectivity index (χ1) is 10.2. The summed E-state index contributed by atoms with van der Waals surface area (Å²) >= 11 is 0. The molecule has 1 aromatic carbocycles. The zero-order valence-electron chi connectivity index (χ0n) is 12.3. The molecule has 8 nitrogen and oxygen atoms in total. The number of nitrogens with zero attached hydrogens (tertiary/aromatic N) is 1. The molecule has 0 bridgehead atoms. The number of methoxy groups -OCH3 is 2. The van der Waals surface area contributed by atoms with Crippen LogP contribution < -0.4 is 0 Å². The predicted molar refractivity (Wildman–Crippen MR) is 78.8 cm³/mol. The summed E-state index contributed by atoms with van der Waals surface area (Å²) in [5, 5.41) is 0. The first-order valence-electron chi connectivity index (χ1n) is 6.29. The van der Waals surface area contributed by atoms with E-state index in [2.05, 4.69) is 0 Å². The van der Waals surface area contributed by atoms with Gasteiger partial charge in [-0.3, -0.25) is 4.55 Å². The molecule has 0 radical (unpaired) electrons. The summed E-state index contributed by atoms with van der Waals surface area (Å²) < 4.78 is 67.3. The second-order valence-electron chi connectivity index (χ2n) is 4.34. The van der Waals surface area contributed by atoms with E-state index >= 15 is 0 Å². The van der Waals surface area contributed by atoms with E-state index in [-0.39, 0.29) is 31.2 Å². The summed E-state index contributed by atoms with van der Waals surface area (Å²) in [4.78, 5) is -0.707. The fourth-order valence-corrected chi connectivity index (χ4v) is 3.74. The van der Waals surface area contributed by atoms with E-state index in [1.807, 2.05) is 0 Å². The zero-order chi connectivity index (χ0) is 16.8. The van der Waals surface area contributed by atoms with Crippen molar-refractivity contribution in [2.75, 3.05) is 40.5 Å². The molecule has 0 spiro atoms. The molecule has 0 saturated carbocycles. The Balaban J connectivity index is 3.18. The van der Waals surface area contributed by atoms with Crippen molar-refractivity contribution in [3.63, 3.8) is 0 Å². The molecule has 0 atom stereocenters. The molecule has 1 rings (SSSR count). The van der Waals surface area contributed by atoms with Gasteiger partial charge in [-0.25, -0.2) is 8.42 Å². The molecular formula is C12H19NO7S2. The Bertz CT molecular complexity index is 677. The lowest BCUT2D eigenvalue weighted by atomic mass is 10.4. The van der Waals surface area contributed by atoms with Gasteiger partial charge >= 0.3 is 0 Å². The van der Waals surface area contributed by atoms with E-state index in [1.54, 1.807) is 0 Å². The molecule has 0 amide bonds. The molecule has 0 aliphatic rings. The highest BCUT2D eigenvalue weighted by Crippen LogP contribution is 2.19. The van der Waals surface area contributed by atoms with E-state index < -0.39 is 25.0 Å². The van der Waals surface area contributed by atoms with Crippen molar-refractivity contribution in [3.8, 4) is 0 Å². The summed E-state index contributed by atoms with van der Waals surface area (Å²) in [7, 11) is -5.52. The van der Waals surface area contributed by atoms with Gasteiger partial charge in [0, 0.05) is 27.3 Å². The van der Waals surface area contributed by atoms with Gasteiger partial charge in [-0.1, -0.05) is 6.07 Å². The van der Waals surface area contributed by atoms with Gasteiger partial charge in [-0.2, -0.15) is 12.7 Å². The van der Waals surface area contributed by atoms with Crippen LogP contribution in [-0.2, 0) is 29.6 Å². The Morgan fingerprint density at radius 3 is 1.95 bits per heavy atom. The zero-order valence-corrected chi connectivity index (χ0v) is 13.9. The van der Waals surface area contributed by atoms with Crippen molar-refractivity contribution >= 4 is 20.1 Å². The largest absolute Gasteiger partial charge is 0.383 e. The average Bonchev–Trinajstić information content (AvgIpc) is 2.46.